The van der Waals surface area contributed by atoms with E-state index in [0.717, 1.165) is 5.56 Å². The van der Waals surface area contributed by atoms with Crippen LogP contribution in [0.15, 0.2) is 48.5 Å². The van der Waals surface area contributed by atoms with Gasteiger partial charge in [-0.3, -0.25) is 19.4 Å². The van der Waals surface area contributed by atoms with Gasteiger partial charge in [-0.2, -0.15) is 0 Å². The lowest BCUT2D eigenvalue weighted by atomic mass is 10.1. The Hall–Kier alpha value is -2.50. The van der Waals surface area contributed by atoms with Crippen molar-refractivity contribution in [3.05, 3.63) is 69.8 Å². The zero-order chi connectivity index (χ0) is 17.7. The fourth-order valence-corrected chi connectivity index (χ4v) is 2.75. The van der Waals surface area contributed by atoms with Gasteiger partial charge in [-0.1, -0.05) is 29.8 Å². The smallest absolute Gasteiger partial charge is 0.376 e. The van der Waals surface area contributed by atoms with Crippen LogP contribution in [0.25, 0.3) is 0 Å². The molecule has 7 nitrogen and oxygen atoms in total. The maximum atomic E-state index is 12.3. The molecule has 0 aliphatic carbocycles. The number of ketones is 1. The van der Waals surface area contributed by atoms with Crippen LogP contribution < -0.4 is 4.52 Å². The molecular weight excluding hydrogens is 333 g/mol. The highest BCUT2D eigenvalue weighted by molar-refractivity contribution is 7.53. The number of nitro groups is 1. The molecule has 0 amide bonds. The Morgan fingerprint density at radius 3 is 2.25 bits per heavy atom. The lowest BCUT2D eigenvalue weighted by Gasteiger charge is -2.14. The molecule has 0 saturated carbocycles. The predicted octanol–water partition coefficient (Wildman–Crippen LogP) is 4.00. The number of nitro benzene ring substituents is 1. The van der Waals surface area contributed by atoms with Gasteiger partial charge in [0.15, 0.2) is 5.78 Å². The minimum atomic E-state index is -3.53. The summed E-state index contributed by atoms with van der Waals surface area (Å²) in [4.78, 5) is 22.0. The molecule has 0 aromatic heterocycles. The summed E-state index contributed by atoms with van der Waals surface area (Å²) >= 11 is 0. The maximum Gasteiger partial charge on any atom is 0.376 e. The van der Waals surface area contributed by atoms with Crippen molar-refractivity contribution < 1.29 is 23.3 Å². The first-order valence-electron chi connectivity index (χ1n) is 7.03. The molecule has 0 N–H and O–H groups in total. The number of carbonyl (C=O) groups is 1. The van der Waals surface area contributed by atoms with Crippen molar-refractivity contribution in [3.63, 3.8) is 0 Å². The zero-order valence-electron chi connectivity index (χ0n) is 13.2. The summed E-state index contributed by atoms with van der Waals surface area (Å²) in [5, 5.41) is 10.6. The molecule has 0 bridgehead atoms. The van der Waals surface area contributed by atoms with Crippen molar-refractivity contribution >= 4 is 19.1 Å². The number of carbonyl (C=O) groups excluding carboxylic acids is 1. The van der Waals surface area contributed by atoms with Gasteiger partial charge in [-0.15, -0.1) is 0 Å². The lowest BCUT2D eigenvalue weighted by molar-refractivity contribution is -0.384. The maximum absolute atomic E-state index is 12.3. The van der Waals surface area contributed by atoms with Crippen LogP contribution in [0.2, 0.25) is 0 Å². The monoisotopic (exact) mass is 349 g/mol. The Balaban J connectivity index is 1.95. The summed E-state index contributed by atoms with van der Waals surface area (Å²) < 4.78 is 22.6. The van der Waals surface area contributed by atoms with E-state index in [9.17, 15) is 19.5 Å². The standard InChI is InChI=1S/C16H16NO6P/c1-12-3-5-13(6-4-12)16(18)11-22-24(2,21)23-15-9-7-14(8-10-15)17(19)20/h3-10H,11H2,1-2H3. The molecule has 0 spiro atoms. The first-order chi connectivity index (χ1) is 11.3. The number of nitrogens with zero attached hydrogens (tertiary/aromatic N) is 1. The zero-order valence-corrected chi connectivity index (χ0v) is 14.1. The Kier molecular flexibility index (Phi) is 5.49. The van der Waals surface area contributed by atoms with Gasteiger partial charge in [-0.05, 0) is 19.1 Å². The Morgan fingerprint density at radius 1 is 1.12 bits per heavy atom. The van der Waals surface area contributed by atoms with Crippen molar-refractivity contribution in [1.29, 1.82) is 0 Å². The van der Waals surface area contributed by atoms with Gasteiger partial charge in [0, 0.05) is 24.4 Å². The lowest BCUT2D eigenvalue weighted by Crippen LogP contribution is -2.09. The van der Waals surface area contributed by atoms with Crippen LogP contribution in [0.4, 0.5) is 5.69 Å². The summed E-state index contributed by atoms with van der Waals surface area (Å²) in [5.41, 5.74) is 1.37. The van der Waals surface area contributed by atoms with Gasteiger partial charge in [0.2, 0.25) is 0 Å². The average molecular weight is 349 g/mol. The summed E-state index contributed by atoms with van der Waals surface area (Å²) in [7, 11) is -3.53. The molecule has 126 valence electrons. The molecule has 2 rings (SSSR count). The molecule has 0 saturated heterocycles. The van der Waals surface area contributed by atoms with Crippen LogP contribution in [0, 0.1) is 17.0 Å². The third kappa shape index (κ3) is 5.01. The minimum absolute atomic E-state index is 0.108. The summed E-state index contributed by atoms with van der Waals surface area (Å²) in [6.07, 6.45) is 0. The predicted molar refractivity (Wildman–Crippen MR) is 88.7 cm³/mol. The number of benzene rings is 2. The van der Waals surface area contributed by atoms with Crippen LogP contribution >= 0.6 is 7.60 Å². The van der Waals surface area contributed by atoms with Crippen molar-refractivity contribution in [2.45, 2.75) is 6.92 Å². The molecule has 0 aliphatic rings. The number of aryl methyl sites for hydroxylation is 1. The van der Waals surface area contributed by atoms with E-state index >= 15 is 0 Å². The van der Waals surface area contributed by atoms with E-state index in [0.29, 0.717) is 5.56 Å². The van der Waals surface area contributed by atoms with Crippen LogP contribution in [0.1, 0.15) is 15.9 Å². The first-order valence-corrected chi connectivity index (χ1v) is 9.02. The van der Waals surface area contributed by atoms with Gasteiger partial charge in [0.05, 0.1) is 4.92 Å². The number of hydrogen-bond acceptors (Lipinski definition) is 6. The van der Waals surface area contributed by atoms with Gasteiger partial charge < -0.3 is 4.52 Å². The van der Waals surface area contributed by atoms with E-state index in [1.54, 1.807) is 24.3 Å². The quantitative estimate of drug-likeness (QED) is 0.324. The molecule has 1 unspecified atom stereocenters. The third-order valence-corrected chi connectivity index (χ3v) is 4.26. The normalized spacial score (nSPS) is 13.1. The molecule has 2 aromatic carbocycles. The largest absolute Gasteiger partial charge is 0.425 e. The number of non-ortho nitro benzene ring substituents is 1. The Labute approximate surface area is 138 Å². The average Bonchev–Trinajstić information content (AvgIpc) is 2.53. The van der Waals surface area contributed by atoms with Crippen LogP contribution in [-0.4, -0.2) is 24.0 Å². The van der Waals surface area contributed by atoms with Gasteiger partial charge in [-0.25, -0.2) is 4.57 Å². The minimum Gasteiger partial charge on any atom is -0.425 e. The van der Waals surface area contributed by atoms with E-state index in [2.05, 4.69) is 0 Å². The van der Waals surface area contributed by atoms with Crippen molar-refractivity contribution in [3.8, 4) is 5.75 Å². The Morgan fingerprint density at radius 2 is 1.71 bits per heavy atom. The van der Waals surface area contributed by atoms with Gasteiger partial charge in [0.25, 0.3) is 5.69 Å². The molecule has 0 aliphatic heterocycles. The van der Waals surface area contributed by atoms with Crippen molar-refractivity contribution in [2.75, 3.05) is 13.3 Å². The second-order valence-electron chi connectivity index (χ2n) is 5.18. The summed E-state index contributed by atoms with van der Waals surface area (Å²) in [5.74, 6) is -0.154. The molecule has 2 aromatic rings. The van der Waals surface area contributed by atoms with Crippen molar-refractivity contribution in [1.82, 2.24) is 0 Å². The van der Waals surface area contributed by atoms with Crippen LogP contribution in [-0.2, 0) is 9.09 Å². The second kappa shape index (κ2) is 7.38. The first kappa shape index (κ1) is 17.8. The molecule has 0 radical (unpaired) electrons. The van der Waals surface area contributed by atoms with E-state index < -0.39 is 12.5 Å². The molecule has 0 heterocycles. The highest BCUT2D eigenvalue weighted by atomic mass is 31.2. The second-order valence-corrected chi connectivity index (χ2v) is 7.16. The van der Waals surface area contributed by atoms with E-state index in [4.69, 9.17) is 9.05 Å². The van der Waals surface area contributed by atoms with E-state index in [1.807, 2.05) is 6.92 Å². The molecule has 24 heavy (non-hydrogen) atoms. The SMILES string of the molecule is Cc1ccc(C(=O)COP(C)(=O)Oc2ccc([N+](=O)[O-])cc2)cc1. The highest BCUT2D eigenvalue weighted by Gasteiger charge is 2.21. The highest BCUT2D eigenvalue weighted by Crippen LogP contribution is 2.44. The van der Waals surface area contributed by atoms with E-state index in [1.165, 1.54) is 30.9 Å². The fraction of sp³-hybridized carbons (Fsp3) is 0.188. The fourth-order valence-electron chi connectivity index (χ4n) is 1.85. The third-order valence-electron chi connectivity index (χ3n) is 3.12. The van der Waals surface area contributed by atoms with Crippen molar-refractivity contribution in [2.24, 2.45) is 0 Å². The number of hydrogen-bond donors (Lipinski definition) is 0. The molecular formula is C16H16NO6P. The topological polar surface area (TPSA) is 95.7 Å². The van der Waals surface area contributed by atoms with Crippen LogP contribution in [0.3, 0.4) is 0 Å². The molecule has 0 fully saturated rings. The molecule has 1 atom stereocenters. The summed E-state index contributed by atoms with van der Waals surface area (Å²) in [6, 6.07) is 12.0. The van der Waals surface area contributed by atoms with Gasteiger partial charge in [0.1, 0.15) is 12.4 Å². The molecule has 8 heteroatoms. The number of rotatable bonds is 7. The summed E-state index contributed by atoms with van der Waals surface area (Å²) in [6.45, 7) is 2.75. The van der Waals surface area contributed by atoms with Gasteiger partial charge >= 0.3 is 7.60 Å². The van der Waals surface area contributed by atoms with E-state index in [-0.39, 0.29) is 23.8 Å². The number of Topliss-reactive ketones (excluding diaryl/α,β-unsaturated/α-hetero) is 1. The van der Waals surface area contributed by atoms with Crippen LogP contribution in [0.5, 0.6) is 5.75 Å². The Bertz CT molecular complexity index is 785.